The van der Waals surface area contributed by atoms with Crippen LogP contribution in [0.3, 0.4) is 0 Å². The van der Waals surface area contributed by atoms with Crippen molar-refractivity contribution >= 4 is 29.3 Å². The average Bonchev–Trinajstić information content (AvgIpc) is 2.46. The van der Waals surface area contributed by atoms with Crippen molar-refractivity contribution in [3.63, 3.8) is 0 Å². The van der Waals surface area contributed by atoms with Crippen LogP contribution in [0.15, 0.2) is 47.6 Å². The van der Waals surface area contributed by atoms with Crippen molar-refractivity contribution in [3.05, 3.63) is 58.1 Å². The van der Waals surface area contributed by atoms with Gasteiger partial charge in [0.25, 0.3) is 0 Å². The number of ketones is 1. The molecule has 0 bridgehead atoms. The number of Topliss-reactive ketones (excluding diaryl/α,β-unsaturated/α-hetero) is 1. The molecule has 0 spiro atoms. The molecule has 1 unspecified atom stereocenters. The average molecular weight is 321 g/mol. The second kappa shape index (κ2) is 5.77. The maximum atomic E-state index is 12.4. The zero-order chi connectivity index (χ0) is 16.5. The molecule has 6 heteroatoms. The first kappa shape index (κ1) is 16.0. The summed E-state index contributed by atoms with van der Waals surface area (Å²) in [5.41, 5.74) is -1.17. The Balaban J connectivity index is 2.48. The molecule has 0 heterocycles. The Hall–Kier alpha value is -2.40. The fraction of sp³-hybridized carbons (Fsp3) is 0.188. The molecule has 0 saturated heterocycles. The molecule has 1 aromatic carbocycles. The normalized spacial score (nSPS) is 20.8. The molecule has 1 aliphatic carbocycles. The summed E-state index contributed by atoms with van der Waals surface area (Å²) in [6.45, 7) is 1.39. The molecule has 0 amide bonds. The van der Waals surface area contributed by atoms with Gasteiger partial charge in [-0.3, -0.25) is 9.59 Å². The molecular formula is C16H13ClO5. The van der Waals surface area contributed by atoms with Gasteiger partial charge < -0.3 is 10.2 Å². The second-order valence-electron chi connectivity index (χ2n) is 5.31. The summed E-state index contributed by atoms with van der Waals surface area (Å²) in [4.78, 5) is 35.0. The predicted octanol–water partition coefficient (Wildman–Crippen LogP) is 2.95. The number of hydrogen-bond donors (Lipinski definition) is 2. The van der Waals surface area contributed by atoms with E-state index in [9.17, 15) is 19.5 Å². The highest BCUT2D eigenvalue weighted by Crippen LogP contribution is 2.35. The van der Waals surface area contributed by atoms with Gasteiger partial charge in [0.05, 0.1) is 5.41 Å². The zero-order valence-electron chi connectivity index (χ0n) is 11.7. The number of carbonyl (C=O) groups is 3. The third-order valence-corrected chi connectivity index (χ3v) is 3.75. The fourth-order valence-electron chi connectivity index (χ4n) is 2.24. The molecule has 114 valence electrons. The maximum absolute atomic E-state index is 12.4. The Morgan fingerprint density at radius 1 is 1.14 bits per heavy atom. The van der Waals surface area contributed by atoms with Crippen LogP contribution in [0.5, 0.6) is 0 Å². The largest absolute Gasteiger partial charge is 0.481 e. The van der Waals surface area contributed by atoms with Gasteiger partial charge in [-0.15, -0.1) is 0 Å². The van der Waals surface area contributed by atoms with Crippen LogP contribution >= 0.6 is 11.6 Å². The summed E-state index contributed by atoms with van der Waals surface area (Å²) >= 11 is 5.76. The van der Waals surface area contributed by atoms with E-state index in [4.69, 9.17) is 16.7 Å². The quantitative estimate of drug-likeness (QED) is 0.832. The van der Waals surface area contributed by atoms with Crippen molar-refractivity contribution in [2.45, 2.75) is 13.3 Å². The molecule has 5 nitrogen and oxygen atoms in total. The van der Waals surface area contributed by atoms with Crippen molar-refractivity contribution in [1.29, 1.82) is 0 Å². The molecule has 1 aromatic rings. The molecule has 0 aromatic heterocycles. The third kappa shape index (κ3) is 3.09. The van der Waals surface area contributed by atoms with Crippen LogP contribution in [0.25, 0.3) is 0 Å². The van der Waals surface area contributed by atoms with Crippen LogP contribution in [0.1, 0.15) is 23.7 Å². The van der Waals surface area contributed by atoms with Gasteiger partial charge in [0.2, 0.25) is 0 Å². The molecular weight excluding hydrogens is 308 g/mol. The zero-order valence-corrected chi connectivity index (χ0v) is 12.4. The Morgan fingerprint density at radius 2 is 1.73 bits per heavy atom. The van der Waals surface area contributed by atoms with Crippen LogP contribution in [-0.4, -0.2) is 27.9 Å². The van der Waals surface area contributed by atoms with Crippen molar-refractivity contribution in [2.24, 2.45) is 5.41 Å². The molecule has 2 N–H and O–H groups in total. The summed E-state index contributed by atoms with van der Waals surface area (Å²) in [7, 11) is 0. The lowest BCUT2D eigenvalue weighted by molar-refractivity contribution is -0.145. The molecule has 1 atom stereocenters. The van der Waals surface area contributed by atoms with Crippen molar-refractivity contribution in [1.82, 2.24) is 0 Å². The van der Waals surface area contributed by atoms with Gasteiger partial charge in [-0.1, -0.05) is 17.7 Å². The van der Waals surface area contributed by atoms with Gasteiger partial charge >= 0.3 is 11.9 Å². The van der Waals surface area contributed by atoms with Gasteiger partial charge in [0.1, 0.15) is 0 Å². The number of benzene rings is 1. The van der Waals surface area contributed by atoms with Crippen molar-refractivity contribution in [3.8, 4) is 0 Å². The standard InChI is InChI=1S/C16H13ClO5/c1-16(15(21)22)7-10(6-11(8-16)14(19)20)13(18)9-2-4-12(17)5-3-9/h2-7H,8H2,1H3,(H,19,20)(H,21,22). The van der Waals surface area contributed by atoms with E-state index in [1.165, 1.54) is 43.3 Å². The monoisotopic (exact) mass is 320 g/mol. The second-order valence-corrected chi connectivity index (χ2v) is 5.75. The summed E-state index contributed by atoms with van der Waals surface area (Å²) in [5.74, 6) is -2.86. The van der Waals surface area contributed by atoms with E-state index in [2.05, 4.69) is 0 Å². The van der Waals surface area contributed by atoms with E-state index in [1.54, 1.807) is 0 Å². The topological polar surface area (TPSA) is 91.7 Å². The lowest BCUT2D eigenvalue weighted by Crippen LogP contribution is -2.30. The molecule has 0 radical (unpaired) electrons. The Labute approximate surface area is 131 Å². The van der Waals surface area contributed by atoms with Gasteiger partial charge in [-0.25, -0.2) is 4.79 Å². The SMILES string of the molecule is CC1(C(=O)O)C=C(C(=O)c2ccc(Cl)cc2)C=C(C(=O)O)C1. The number of carboxylic acids is 2. The van der Waals surface area contributed by atoms with Crippen molar-refractivity contribution in [2.75, 3.05) is 0 Å². The van der Waals surface area contributed by atoms with Crippen LogP contribution < -0.4 is 0 Å². The highest BCUT2D eigenvalue weighted by molar-refractivity contribution is 6.30. The molecule has 22 heavy (non-hydrogen) atoms. The number of hydrogen-bond acceptors (Lipinski definition) is 3. The van der Waals surface area contributed by atoms with Gasteiger partial charge in [-0.2, -0.15) is 0 Å². The molecule has 0 fully saturated rings. The highest BCUT2D eigenvalue weighted by Gasteiger charge is 2.37. The summed E-state index contributed by atoms with van der Waals surface area (Å²) in [6.07, 6.45) is 2.36. The first-order chi connectivity index (χ1) is 10.2. The minimum atomic E-state index is -1.43. The minimum absolute atomic E-state index is 0.0517. The summed E-state index contributed by atoms with van der Waals surface area (Å²) in [5, 5.41) is 18.9. The predicted molar refractivity (Wildman–Crippen MR) is 79.9 cm³/mol. The fourth-order valence-corrected chi connectivity index (χ4v) is 2.37. The van der Waals surface area contributed by atoms with E-state index in [0.717, 1.165) is 0 Å². The number of rotatable bonds is 4. The van der Waals surface area contributed by atoms with Gasteiger partial charge in [-0.05, 0) is 43.7 Å². The van der Waals surface area contributed by atoms with E-state index in [-0.39, 0.29) is 17.6 Å². The Bertz CT molecular complexity index is 715. The van der Waals surface area contributed by atoms with Crippen LogP contribution in [0.2, 0.25) is 5.02 Å². The van der Waals surface area contributed by atoms with Crippen LogP contribution in [0, 0.1) is 5.41 Å². The maximum Gasteiger partial charge on any atom is 0.331 e. The van der Waals surface area contributed by atoms with E-state index >= 15 is 0 Å². The number of allylic oxidation sites excluding steroid dienone is 2. The first-order valence-electron chi connectivity index (χ1n) is 6.43. The van der Waals surface area contributed by atoms with Crippen LogP contribution in [-0.2, 0) is 9.59 Å². The number of halogens is 1. The van der Waals surface area contributed by atoms with E-state index in [0.29, 0.717) is 10.6 Å². The number of carbonyl (C=O) groups excluding carboxylic acids is 1. The summed E-state index contributed by atoms with van der Waals surface area (Å²) in [6, 6.07) is 6.09. The van der Waals surface area contributed by atoms with Crippen LogP contribution in [0.4, 0.5) is 0 Å². The lowest BCUT2D eigenvalue weighted by Gasteiger charge is -2.26. The third-order valence-electron chi connectivity index (χ3n) is 3.49. The minimum Gasteiger partial charge on any atom is -0.481 e. The van der Waals surface area contributed by atoms with E-state index < -0.39 is 23.1 Å². The molecule has 0 saturated carbocycles. The van der Waals surface area contributed by atoms with Gasteiger partial charge in [0, 0.05) is 21.7 Å². The lowest BCUT2D eigenvalue weighted by atomic mass is 9.76. The highest BCUT2D eigenvalue weighted by atomic mass is 35.5. The summed E-state index contributed by atoms with van der Waals surface area (Å²) < 4.78 is 0. The molecule has 0 aliphatic heterocycles. The Kier molecular flexibility index (Phi) is 4.19. The Morgan fingerprint density at radius 3 is 2.23 bits per heavy atom. The molecule has 1 aliphatic rings. The van der Waals surface area contributed by atoms with Gasteiger partial charge in [0.15, 0.2) is 5.78 Å². The van der Waals surface area contributed by atoms with E-state index in [1.807, 2.05) is 0 Å². The molecule has 2 rings (SSSR count). The van der Waals surface area contributed by atoms with Crippen molar-refractivity contribution < 1.29 is 24.6 Å². The first-order valence-corrected chi connectivity index (χ1v) is 6.81. The smallest absolute Gasteiger partial charge is 0.331 e. The number of carboxylic acid groups (broad SMARTS) is 2. The number of aliphatic carboxylic acids is 2.